The van der Waals surface area contributed by atoms with Crippen LogP contribution in [0.4, 0.5) is 0 Å². The van der Waals surface area contributed by atoms with E-state index >= 15 is 0 Å². The van der Waals surface area contributed by atoms with Crippen molar-refractivity contribution in [3.05, 3.63) is 0 Å². The minimum Gasteiger partial charge on any atom is -0.0651 e. The van der Waals surface area contributed by atoms with Crippen LogP contribution in [0.2, 0.25) is 0 Å². The van der Waals surface area contributed by atoms with Gasteiger partial charge in [-0.25, -0.2) is 0 Å². The van der Waals surface area contributed by atoms with Crippen LogP contribution in [0.25, 0.3) is 0 Å². The van der Waals surface area contributed by atoms with Gasteiger partial charge in [0.15, 0.2) is 0 Å². The van der Waals surface area contributed by atoms with Crippen LogP contribution in [-0.4, -0.2) is 0 Å². The molecule has 2 fully saturated rings. The van der Waals surface area contributed by atoms with Gasteiger partial charge in [-0.2, -0.15) is 0 Å². The van der Waals surface area contributed by atoms with Crippen LogP contribution in [0.5, 0.6) is 0 Å². The number of rotatable bonds is 4. The maximum atomic E-state index is 2.44. The van der Waals surface area contributed by atoms with Crippen molar-refractivity contribution in [1.29, 1.82) is 0 Å². The predicted molar refractivity (Wildman–Crippen MR) is 66.8 cm³/mol. The Hall–Kier alpha value is 0. The maximum Gasteiger partial charge on any atom is -0.0360 e. The highest BCUT2D eigenvalue weighted by Crippen LogP contribution is 2.45. The summed E-state index contributed by atoms with van der Waals surface area (Å²) in [6.45, 7) is 7.26. The summed E-state index contributed by atoms with van der Waals surface area (Å²) in [6.07, 6.45) is 10.7. The molecular weight excluding hydrogens is 180 g/mol. The maximum absolute atomic E-state index is 2.44. The van der Waals surface area contributed by atoms with Gasteiger partial charge in [-0.05, 0) is 48.9 Å². The molecule has 88 valence electrons. The van der Waals surface area contributed by atoms with Gasteiger partial charge in [-0.1, -0.05) is 46.5 Å². The van der Waals surface area contributed by atoms with Crippen molar-refractivity contribution in [3.8, 4) is 0 Å². The fourth-order valence-corrected chi connectivity index (χ4v) is 3.72. The predicted octanol–water partition coefficient (Wildman–Crippen LogP) is 4.89. The molecule has 0 aromatic heterocycles. The topological polar surface area (TPSA) is 0 Å². The third-order valence-electron chi connectivity index (χ3n) is 4.90. The van der Waals surface area contributed by atoms with E-state index in [1.54, 1.807) is 25.7 Å². The minimum atomic E-state index is 0.914. The van der Waals surface area contributed by atoms with Crippen molar-refractivity contribution in [2.75, 3.05) is 0 Å². The lowest BCUT2D eigenvalue weighted by Crippen LogP contribution is -2.28. The molecule has 0 spiro atoms. The van der Waals surface area contributed by atoms with Crippen LogP contribution < -0.4 is 0 Å². The smallest absolute Gasteiger partial charge is 0.0360 e. The summed E-state index contributed by atoms with van der Waals surface area (Å²) >= 11 is 0. The molecule has 1 unspecified atom stereocenters. The SMILES string of the molecule is CC[C@H]1CCC(CC2CC2)C[C@H]1C(C)C. The van der Waals surface area contributed by atoms with E-state index in [4.69, 9.17) is 0 Å². The Bertz CT molecular complexity index is 190. The molecule has 2 saturated carbocycles. The fourth-order valence-electron chi connectivity index (χ4n) is 3.72. The third-order valence-corrected chi connectivity index (χ3v) is 4.90. The Labute approximate surface area is 95.8 Å². The summed E-state index contributed by atoms with van der Waals surface area (Å²) < 4.78 is 0. The molecule has 0 heterocycles. The lowest BCUT2D eigenvalue weighted by atomic mass is 9.67. The first-order valence-corrected chi connectivity index (χ1v) is 7.20. The van der Waals surface area contributed by atoms with Crippen molar-refractivity contribution in [2.45, 2.75) is 65.7 Å². The van der Waals surface area contributed by atoms with Gasteiger partial charge < -0.3 is 0 Å². The average molecular weight is 208 g/mol. The lowest BCUT2D eigenvalue weighted by molar-refractivity contribution is 0.124. The molecule has 2 rings (SSSR count). The van der Waals surface area contributed by atoms with Gasteiger partial charge in [0.05, 0.1) is 0 Å². The highest BCUT2D eigenvalue weighted by Gasteiger charge is 2.34. The van der Waals surface area contributed by atoms with Crippen molar-refractivity contribution in [2.24, 2.45) is 29.6 Å². The van der Waals surface area contributed by atoms with Gasteiger partial charge in [0, 0.05) is 0 Å². The Morgan fingerprint density at radius 3 is 2.20 bits per heavy atom. The summed E-state index contributed by atoms with van der Waals surface area (Å²) in [4.78, 5) is 0. The number of hydrogen-bond acceptors (Lipinski definition) is 0. The molecule has 0 aromatic rings. The van der Waals surface area contributed by atoms with Crippen molar-refractivity contribution >= 4 is 0 Å². The molecule has 0 N–H and O–H groups in total. The molecule has 0 radical (unpaired) electrons. The van der Waals surface area contributed by atoms with Crippen LogP contribution in [0.3, 0.4) is 0 Å². The quantitative estimate of drug-likeness (QED) is 0.617. The molecule has 2 aliphatic rings. The largest absolute Gasteiger partial charge is 0.0651 e. The van der Waals surface area contributed by atoms with E-state index in [0.717, 1.165) is 29.6 Å². The lowest BCUT2D eigenvalue weighted by Gasteiger charge is -2.38. The van der Waals surface area contributed by atoms with Crippen LogP contribution in [0.1, 0.15) is 65.7 Å². The Morgan fingerprint density at radius 2 is 1.67 bits per heavy atom. The molecule has 0 heteroatoms. The van der Waals surface area contributed by atoms with E-state index in [0.29, 0.717) is 0 Å². The second-order valence-electron chi connectivity index (χ2n) is 6.43. The zero-order valence-corrected chi connectivity index (χ0v) is 10.8. The van der Waals surface area contributed by atoms with E-state index in [1.807, 2.05) is 0 Å². The van der Waals surface area contributed by atoms with E-state index < -0.39 is 0 Å². The zero-order chi connectivity index (χ0) is 10.8. The highest BCUT2D eigenvalue weighted by molar-refractivity contribution is 4.85. The van der Waals surface area contributed by atoms with Gasteiger partial charge in [0.25, 0.3) is 0 Å². The first-order chi connectivity index (χ1) is 7.20. The van der Waals surface area contributed by atoms with E-state index in [2.05, 4.69) is 20.8 Å². The van der Waals surface area contributed by atoms with Gasteiger partial charge in [-0.15, -0.1) is 0 Å². The summed E-state index contributed by atoms with van der Waals surface area (Å²) in [5.74, 6) is 5.22. The second-order valence-corrected chi connectivity index (χ2v) is 6.43. The standard InChI is InChI=1S/C15H28/c1-4-14-8-7-13(9-12-5-6-12)10-15(14)11(2)3/h11-15H,4-10H2,1-3H3/t13?,14-,15-/m0/s1. The molecule has 3 atom stereocenters. The van der Waals surface area contributed by atoms with Crippen LogP contribution >= 0.6 is 0 Å². The van der Waals surface area contributed by atoms with Gasteiger partial charge in [0.1, 0.15) is 0 Å². The normalized spacial score (nSPS) is 37.2. The minimum absolute atomic E-state index is 0.914. The molecule has 2 aliphatic carbocycles. The Balaban J connectivity index is 1.86. The first kappa shape index (κ1) is 11.5. The van der Waals surface area contributed by atoms with Crippen LogP contribution in [-0.2, 0) is 0 Å². The first-order valence-electron chi connectivity index (χ1n) is 7.20. The summed E-state index contributed by atoms with van der Waals surface area (Å²) in [5, 5.41) is 0. The van der Waals surface area contributed by atoms with Crippen molar-refractivity contribution in [1.82, 2.24) is 0 Å². The molecule has 0 aromatic carbocycles. The molecule has 0 nitrogen and oxygen atoms in total. The van der Waals surface area contributed by atoms with Gasteiger partial charge in [-0.3, -0.25) is 0 Å². The van der Waals surface area contributed by atoms with Gasteiger partial charge >= 0.3 is 0 Å². The molecule has 0 amide bonds. The molecular formula is C15H28. The average Bonchev–Trinajstić information content (AvgIpc) is 3.01. The molecule has 0 saturated heterocycles. The third kappa shape index (κ3) is 2.98. The Kier molecular flexibility index (Phi) is 3.74. The molecule has 15 heavy (non-hydrogen) atoms. The van der Waals surface area contributed by atoms with Crippen LogP contribution in [0.15, 0.2) is 0 Å². The summed E-state index contributed by atoms with van der Waals surface area (Å²) in [5.41, 5.74) is 0. The molecule has 0 aliphatic heterocycles. The fraction of sp³-hybridized carbons (Fsp3) is 1.00. The van der Waals surface area contributed by atoms with Gasteiger partial charge in [0.2, 0.25) is 0 Å². The highest BCUT2D eigenvalue weighted by atomic mass is 14.4. The van der Waals surface area contributed by atoms with E-state index in [1.165, 1.54) is 19.3 Å². The Morgan fingerprint density at radius 1 is 1.00 bits per heavy atom. The molecule has 0 bridgehead atoms. The van der Waals surface area contributed by atoms with E-state index in [9.17, 15) is 0 Å². The second kappa shape index (κ2) is 4.89. The van der Waals surface area contributed by atoms with Crippen molar-refractivity contribution in [3.63, 3.8) is 0 Å². The monoisotopic (exact) mass is 208 g/mol. The van der Waals surface area contributed by atoms with E-state index in [-0.39, 0.29) is 0 Å². The van der Waals surface area contributed by atoms with Crippen molar-refractivity contribution < 1.29 is 0 Å². The zero-order valence-electron chi connectivity index (χ0n) is 10.8. The summed E-state index contributed by atoms with van der Waals surface area (Å²) in [7, 11) is 0. The summed E-state index contributed by atoms with van der Waals surface area (Å²) in [6, 6.07) is 0. The number of hydrogen-bond donors (Lipinski definition) is 0. The van der Waals surface area contributed by atoms with Crippen LogP contribution in [0, 0.1) is 29.6 Å².